The quantitative estimate of drug-likeness (QED) is 0.809. The van der Waals surface area contributed by atoms with Gasteiger partial charge in [-0.1, -0.05) is 45.9 Å². The van der Waals surface area contributed by atoms with Crippen LogP contribution in [0.15, 0.2) is 18.2 Å². The molecule has 1 aliphatic heterocycles. The van der Waals surface area contributed by atoms with E-state index in [2.05, 4.69) is 51.2 Å². The normalized spacial score (nSPS) is 23.4. The molecule has 3 atom stereocenters. The number of ether oxygens (including phenoxy) is 1. The molecule has 0 amide bonds. The fourth-order valence-electron chi connectivity index (χ4n) is 3.38. The Kier molecular flexibility index (Phi) is 6.25. The molecular formula is C19H31NO. The maximum absolute atomic E-state index is 6.05. The molecule has 1 aromatic rings. The van der Waals surface area contributed by atoms with Gasteiger partial charge in [0.05, 0.1) is 12.1 Å². The average molecular weight is 289 g/mol. The predicted octanol–water partition coefficient (Wildman–Crippen LogP) is 4.28. The number of hydrogen-bond acceptors (Lipinski definition) is 2. The summed E-state index contributed by atoms with van der Waals surface area (Å²) >= 11 is 0. The highest BCUT2D eigenvalue weighted by molar-refractivity contribution is 5.34. The van der Waals surface area contributed by atoms with Gasteiger partial charge in [-0.2, -0.15) is 0 Å². The molecule has 2 heteroatoms. The van der Waals surface area contributed by atoms with Gasteiger partial charge >= 0.3 is 0 Å². The third-order valence-corrected chi connectivity index (χ3v) is 4.74. The third-order valence-electron chi connectivity index (χ3n) is 4.74. The summed E-state index contributed by atoms with van der Waals surface area (Å²) in [6.45, 7) is 11.0. The molecule has 0 aliphatic carbocycles. The van der Waals surface area contributed by atoms with E-state index < -0.39 is 0 Å². The Labute approximate surface area is 130 Å². The molecule has 2 rings (SSSR count). The third kappa shape index (κ3) is 3.87. The highest BCUT2D eigenvalue weighted by Crippen LogP contribution is 2.32. The Morgan fingerprint density at radius 3 is 2.52 bits per heavy atom. The van der Waals surface area contributed by atoms with Crippen molar-refractivity contribution in [2.45, 2.75) is 65.5 Å². The second-order valence-electron chi connectivity index (χ2n) is 6.27. The van der Waals surface area contributed by atoms with Gasteiger partial charge in [-0.05, 0) is 54.8 Å². The highest BCUT2D eigenvalue weighted by Gasteiger charge is 2.32. The predicted molar refractivity (Wildman–Crippen MR) is 89.8 cm³/mol. The van der Waals surface area contributed by atoms with E-state index in [0.717, 1.165) is 32.4 Å². The van der Waals surface area contributed by atoms with Gasteiger partial charge in [-0.15, -0.1) is 0 Å². The van der Waals surface area contributed by atoms with Gasteiger partial charge in [0, 0.05) is 6.61 Å². The Balaban J connectivity index is 2.27. The summed E-state index contributed by atoms with van der Waals surface area (Å²) in [7, 11) is 0. The zero-order valence-electron chi connectivity index (χ0n) is 14.1. The number of aryl methyl sites for hydroxylation is 2. The largest absolute Gasteiger partial charge is 0.376 e. The molecule has 1 saturated heterocycles. The summed E-state index contributed by atoms with van der Waals surface area (Å²) in [5.41, 5.74) is 4.37. The second kappa shape index (κ2) is 7.95. The van der Waals surface area contributed by atoms with Crippen molar-refractivity contribution in [3.63, 3.8) is 0 Å². The lowest BCUT2D eigenvalue weighted by atomic mass is 9.89. The van der Waals surface area contributed by atoms with Crippen LogP contribution >= 0.6 is 0 Å². The number of benzene rings is 1. The van der Waals surface area contributed by atoms with Gasteiger partial charge in [-0.25, -0.2) is 0 Å². The van der Waals surface area contributed by atoms with E-state index in [-0.39, 0.29) is 0 Å². The van der Waals surface area contributed by atoms with E-state index >= 15 is 0 Å². The lowest BCUT2D eigenvalue weighted by molar-refractivity contribution is 0.0607. The molecule has 1 N–H and O–H groups in total. The molecule has 1 fully saturated rings. The number of hydrogen-bond donors (Lipinski definition) is 1. The van der Waals surface area contributed by atoms with Gasteiger partial charge in [0.25, 0.3) is 0 Å². The lowest BCUT2D eigenvalue weighted by Gasteiger charge is -2.28. The zero-order valence-corrected chi connectivity index (χ0v) is 14.1. The van der Waals surface area contributed by atoms with E-state index in [0.29, 0.717) is 18.1 Å². The summed E-state index contributed by atoms with van der Waals surface area (Å²) in [6.07, 6.45) is 4.88. The van der Waals surface area contributed by atoms with Gasteiger partial charge in [-0.3, -0.25) is 0 Å². The van der Waals surface area contributed by atoms with Crippen LogP contribution in [0.1, 0.15) is 63.3 Å². The fourth-order valence-corrected chi connectivity index (χ4v) is 3.38. The maximum atomic E-state index is 6.05. The average Bonchev–Trinajstić information content (AvgIpc) is 2.93. The van der Waals surface area contributed by atoms with Gasteiger partial charge in [0.2, 0.25) is 0 Å². The van der Waals surface area contributed by atoms with E-state index in [4.69, 9.17) is 4.74 Å². The van der Waals surface area contributed by atoms with Gasteiger partial charge in [0.15, 0.2) is 0 Å². The molecule has 0 aromatic heterocycles. The van der Waals surface area contributed by atoms with Crippen LogP contribution in [0.25, 0.3) is 0 Å². The molecule has 0 spiro atoms. The monoisotopic (exact) mass is 289 g/mol. The Hall–Kier alpha value is -0.860. The highest BCUT2D eigenvalue weighted by atomic mass is 16.5. The van der Waals surface area contributed by atoms with Crippen molar-refractivity contribution >= 4 is 0 Å². The maximum Gasteiger partial charge on any atom is 0.0795 e. The van der Waals surface area contributed by atoms with Crippen molar-refractivity contribution in [3.8, 4) is 0 Å². The van der Waals surface area contributed by atoms with Crippen molar-refractivity contribution < 1.29 is 4.74 Å². The lowest BCUT2D eigenvalue weighted by Crippen LogP contribution is -2.35. The Morgan fingerprint density at radius 2 is 1.95 bits per heavy atom. The summed E-state index contributed by atoms with van der Waals surface area (Å²) in [5.74, 6) is 0.635. The van der Waals surface area contributed by atoms with Crippen molar-refractivity contribution in [1.29, 1.82) is 0 Å². The van der Waals surface area contributed by atoms with E-state index in [9.17, 15) is 0 Å². The van der Waals surface area contributed by atoms with Crippen LogP contribution in [0.3, 0.4) is 0 Å². The Bertz CT molecular complexity index is 443. The summed E-state index contributed by atoms with van der Waals surface area (Å²) < 4.78 is 6.05. The summed E-state index contributed by atoms with van der Waals surface area (Å²) in [5, 5.41) is 3.72. The molecule has 2 nitrogen and oxygen atoms in total. The van der Waals surface area contributed by atoms with Crippen molar-refractivity contribution in [2.75, 3.05) is 13.2 Å². The molecule has 0 saturated carbocycles. The van der Waals surface area contributed by atoms with E-state index in [1.165, 1.54) is 23.1 Å². The number of nitrogens with one attached hydrogen (secondary N) is 1. The second-order valence-corrected chi connectivity index (χ2v) is 6.27. The van der Waals surface area contributed by atoms with Crippen LogP contribution < -0.4 is 5.32 Å². The first-order valence-electron chi connectivity index (χ1n) is 8.67. The first kappa shape index (κ1) is 16.5. The minimum Gasteiger partial charge on any atom is -0.376 e. The summed E-state index contributed by atoms with van der Waals surface area (Å²) in [4.78, 5) is 0. The van der Waals surface area contributed by atoms with Crippen LogP contribution in [0, 0.1) is 5.92 Å². The van der Waals surface area contributed by atoms with E-state index in [1.54, 1.807) is 0 Å². The first-order valence-corrected chi connectivity index (χ1v) is 8.67. The minimum atomic E-state index is 0.314. The summed E-state index contributed by atoms with van der Waals surface area (Å²) in [6, 6.07) is 7.35. The molecule has 21 heavy (non-hydrogen) atoms. The SMILES string of the molecule is CCCNC(c1ccc(CC)c(CC)c1)C1OCCC1C. The smallest absolute Gasteiger partial charge is 0.0795 e. The molecule has 1 heterocycles. The van der Waals surface area contributed by atoms with Crippen LogP contribution in [0.4, 0.5) is 0 Å². The van der Waals surface area contributed by atoms with Crippen molar-refractivity contribution in [2.24, 2.45) is 5.92 Å². The zero-order chi connectivity index (χ0) is 15.2. The topological polar surface area (TPSA) is 21.3 Å². The molecule has 1 aliphatic rings. The standard InChI is InChI=1S/C19H31NO/c1-5-11-20-18(19-14(4)10-12-21-19)17-9-8-15(6-2)16(7-3)13-17/h8-9,13-14,18-20H,5-7,10-12H2,1-4H3. The van der Waals surface area contributed by atoms with E-state index in [1.807, 2.05) is 0 Å². The molecule has 1 aromatic carbocycles. The van der Waals surface area contributed by atoms with Crippen molar-refractivity contribution in [3.05, 3.63) is 34.9 Å². The molecule has 0 radical (unpaired) electrons. The van der Waals surface area contributed by atoms with Crippen molar-refractivity contribution in [1.82, 2.24) is 5.32 Å². The van der Waals surface area contributed by atoms with Gasteiger partial charge in [0.1, 0.15) is 0 Å². The van der Waals surface area contributed by atoms with Crippen LogP contribution in [0.5, 0.6) is 0 Å². The molecule has 118 valence electrons. The first-order chi connectivity index (χ1) is 10.2. The fraction of sp³-hybridized carbons (Fsp3) is 0.684. The number of rotatable bonds is 7. The van der Waals surface area contributed by atoms with Crippen LogP contribution in [-0.4, -0.2) is 19.3 Å². The van der Waals surface area contributed by atoms with Crippen LogP contribution in [0.2, 0.25) is 0 Å². The molecule has 0 bridgehead atoms. The molecular weight excluding hydrogens is 258 g/mol. The van der Waals surface area contributed by atoms with Gasteiger partial charge < -0.3 is 10.1 Å². The Morgan fingerprint density at radius 1 is 1.19 bits per heavy atom. The minimum absolute atomic E-state index is 0.314. The molecule has 3 unspecified atom stereocenters. The van der Waals surface area contributed by atoms with Crippen LogP contribution in [-0.2, 0) is 17.6 Å².